The van der Waals surface area contributed by atoms with E-state index in [0.29, 0.717) is 23.7 Å². The number of hydrogen-bond donors (Lipinski definition) is 5. The average molecular weight is 374 g/mol. The molecular weight excluding hydrogens is 352 g/mol. The number of benzene rings is 2. The molecule has 0 aliphatic carbocycles. The maximum atomic E-state index is 11.2. The van der Waals surface area contributed by atoms with E-state index in [0.717, 1.165) is 11.1 Å². The minimum absolute atomic E-state index is 0.0716. The third-order valence-corrected chi connectivity index (χ3v) is 4.11. The Morgan fingerprint density at radius 1 is 1.19 bits per heavy atom. The van der Waals surface area contributed by atoms with Crippen molar-refractivity contribution in [2.75, 3.05) is 18.5 Å². The Balaban J connectivity index is 1.87. The summed E-state index contributed by atoms with van der Waals surface area (Å²) in [5.74, 6) is 0. The van der Waals surface area contributed by atoms with Crippen LogP contribution in [0.2, 0.25) is 5.02 Å². The highest BCUT2D eigenvalue weighted by Crippen LogP contribution is 2.17. The van der Waals surface area contributed by atoms with Gasteiger partial charge < -0.3 is 26.1 Å². The number of carbonyl (C=O) groups excluding carboxylic acids is 1. The molecule has 136 valence electrons. The molecule has 0 aliphatic rings. The van der Waals surface area contributed by atoms with Crippen molar-refractivity contribution < 1.29 is 15.0 Å². The summed E-state index contributed by atoms with van der Waals surface area (Å²) in [6, 6.07) is 13.5. The van der Waals surface area contributed by atoms with E-state index >= 15 is 0 Å². The number of rotatable bonds is 8. The van der Waals surface area contributed by atoms with Crippen LogP contribution in [0, 0.1) is 0 Å². The van der Waals surface area contributed by atoms with Crippen LogP contribution < -0.4 is 15.9 Å². The summed E-state index contributed by atoms with van der Waals surface area (Å²) >= 11 is 5.93. The van der Waals surface area contributed by atoms with E-state index in [1.807, 2.05) is 17.4 Å². The van der Waals surface area contributed by atoms with E-state index in [1.54, 1.807) is 36.4 Å². The second-order valence-corrected chi connectivity index (χ2v) is 6.29. The van der Waals surface area contributed by atoms with Crippen LogP contribution in [0.5, 0.6) is 0 Å². The van der Waals surface area contributed by atoms with Crippen molar-refractivity contribution in [3.05, 3.63) is 64.7 Å². The number of aliphatic hydroxyl groups excluding tert-OH is 2. The first-order valence-corrected chi connectivity index (χ1v) is 8.54. The van der Waals surface area contributed by atoms with Gasteiger partial charge in [0.1, 0.15) is 0 Å². The second-order valence-electron chi connectivity index (χ2n) is 5.86. The lowest BCUT2D eigenvalue weighted by atomic mass is 10.0. The molecule has 2 aromatic carbocycles. The SMILES string of the molecule is [B]NC(=O)Nc1ccc(C[C@@H](CO)NC[C@H](O)c2cccc(Cl)c2)cc1. The molecule has 8 heteroatoms. The van der Waals surface area contributed by atoms with Gasteiger partial charge in [0.25, 0.3) is 0 Å². The molecule has 26 heavy (non-hydrogen) atoms. The molecule has 2 aromatic rings. The Kier molecular flexibility index (Phi) is 7.93. The van der Waals surface area contributed by atoms with Crippen LogP contribution in [-0.2, 0) is 6.42 Å². The molecule has 0 heterocycles. The monoisotopic (exact) mass is 373 g/mol. The first-order chi connectivity index (χ1) is 12.5. The van der Waals surface area contributed by atoms with E-state index in [2.05, 4.69) is 10.6 Å². The second kappa shape index (κ2) is 10.2. The van der Waals surface area contributed by atoms with Gasteiger partial charge in [0.05, 0.1) is 12.7 Å². The molecule has 0 aliphatic heterocycles. The topological polar surface area (TPSA) is 93.6 Å². The molecule has 0 bridgehead atoms. The van der Waals surface area contributed by atoms with Crippen LogP contribution in [0.4, 0.5) is 10.5 Å². The molecule has 2 amide bonds. The zero-order valence-electron chi connectivity index (χ0n) is 14.2. The Hall–Kier alpha value is -2.06. The van der Waals surface area contributed by atoms with E-state index in [1.165, 1.54) is 0 Å². The molecular formula is C18H21BClN3O3. The van der Waals surface area contributed by atoms with Gasteiger partial charge in [0.15, 0.2) is 0 Å². The molecule has 0 aromatic heterocycles. The number of aliphatic hydroxyl groups is 2. The van der Waals surface area contributed by atoms with Gasteiger partial charge >= 0.3 is 6.03 Å². The summed E-state index contributed by atoms with van der Waals surface area (Å²) in [7, 11) is 5.02. The standard InChI is InChI=1S/C18H21BClN3O3/c19-23-18(26)22-15-6-4-12(5-7-15)8-16(11-24)21-10-17(25)13-2-1-3-14(20)9-13/h1-7,9,16-17,21,24-25H,8,10-11H2,(H2,22,23,26)/t16-,17-/m0/s1. The van der Waals surface area contributed by atoms with Crippen molar-refractivity contribution in [3.8, 4) is 0 Å². The molecule has 2 atom stereocenters. The van der Waals surface area contributed by atoms with E-state index < -0.39 is 12.1 Å². The first kappa shape index (κ1) is 20.3. The maximum Gasteiger partial charge on any atom is 0.306 e. The van der Waals surface area contributed by atoms with Gasteiger partial charge in [-0.2, -0.15) is 0 Å². The number of halogens is 1. The summed E-state index contributed by atoms with van der Waals surface area (Å²) in [6.07, 6.45) is -0.147. The summed E-state index contributed by atoms with van der Waals surface area (Å²) in [5.41, 5.74) is 2.31. The highest BCUT2D eigenvalue weighted by atomic mass is 35.5. The first-order valence-electron chi connectivity index (χ1n) is 8.16. The highest BCUT2D eigenvalue weighted by molar-refractivity contribution is 6.30. The van der Waals surface area contributed by atoms with Crippen molar-refractivity contribution in [2.45, 2.75) is 18.6 Å². The highest BCUT2D eigenvalue weighted by Gasteiger charge is 2.13. The summed E-state index contributed by atoms with van der Waals surface area (Å²) < 4.78 is 0. The number of anilines is 1. The molecule has 2 rings (SSSR count). The zero-order chi connectivity index (χ0) is 18.9. The lowest BCUT2D eigenvalue weighted by molar-refractivity contribution is 0.158. The van der Waals surface area contributed by atoms with Crippen molar-refractivity contribution in [2.24, 2.45) is 0 Å². The molecule has 0 spiro atoms. The van der Waals surface area contributed by atoms with Gasteiger partial charge in [0, 0.05) is 23.3 Å². The van der Waals surface area contributed by atoms with Gasteiger partial charge in [0.2, 0.25) is 7.98 Å². The summed E-state index contributed by atoms with van der Waals surface area (Å²) in [5, 5.41) is 28.1. The van der Waals surface area contributed by atoms with Crippen molar-refractivity contribution >= 4 is 31.3 Å². The Bertz CT molecular complexity index is 715. The third-order valence-electron chi connectivity index (χ3n) is 3.88. The predicted octanol–water partition coefficient (Wildman–Crippen LogP) is 1.77. The van der Waals surface area contributed by atoms with Gasteiger partial charge in [-0.3, -0.25) is 0 Å². The van der Waals surface area contributed by atoms with Crippen LogP contribution in [0.25, 0.3) is 0 Å². The van der Waals surface area contributed by atoms with Crippen LogP contribution in [-0.4, -0.2) is 43.4 Å². The smallest absolute Gasteiger partial charge is 0.306 e. The van der Waals surface area contributed by atoms with Crippen molar-refractivity contribution in [1.29, 1.82) is 0 Å². The molecule has 0 saturated carbocycles. The van der Waals surface area contributed by atoms with Crippen LogP contribution in [0.15, 0.2) is 48.5 Å². The lowest BCUT2D eigenvalue weighted by Gasteiger charge is -2.19. The largest absolute Gasteiger partial charge is 0.395 e. The molecule has 0 saturated heterocycles. The fourth-order valence-electron chi connectivity index (χ4n) is 2.49. The number of amides is 2. The number of nitrogens with one attached hydrogen (secondary N) is 3. The fraction of sp³-hybridized carbons (Fsp3) is 0.278. The van der Waals surface area contributed by atoms with Crippen molar-refractivity contribution in [1.82, 2.24) is 10.5 Å². The van der Waals surface area contributed by atoms with Gasteiger partial charge in [-0.15, -0.1) is 0 Å². The predicted molar refractivity (Wildman–Crippen MR) is 103 cm³/mol. The van der Waals surface area contributed by atoms with E-state index in [9.17, 15) is 15.0 Å². The number of hydrogen-bond acceptors (Lipinski definition) is 4. The lowest BCUT2D eigenvalue weighted by Crippen LogP contribution is -2.37. The normalized spacial score (nSPS) is 13.0. The summed E-state index contributed by atoms with van der Waals surface area (Å²) in [4.78, 5) is 11.2. The van der Waals surface area contributed by atoms with Gasteiger partial charge in [-0.1, -0.05) is 35.9 Å². The minimum atomic E-state index is -0.718. The maximum absolute atomic E-state index is 11.2. The summed E-state index contributed by atoms with van der Waals surface area (Å²) in [6.45, 7) is 0.222. The minimum Gasteiger partial charge on any atom is -0.395 e. The number of carbonyl (C=O) groups is 1. The van der Waals surface area contributed by atoms with Gasteiger partial charge in [-0.05, 0) is 41.8 Å². The van der Waals surface area contributed by atoms with Crippen LogP contribution in [0.3, 0.4) is 0 Å². The molecule has 0 unspecified atom stereocenters. The van der Waals surface area contributed by atoms with E-state index in [-0.39, 0.29) is 12.6 Å². The molecule has 5 N–H and O–H groups in total. The van der Waals surface area contributed by atoms with Crippen molar-refractivity contribution in [3.63, 3.8) is 0 Å². The Morgan fingerprint density at radius 3 is 2.54 bits per heavy atom. The average Bonchev–Trinajstić information content (AvgIpc) is 2.66. The van der Waals surface area contributed by atoms with Crippen LogP contribution >= 0.6 is 11.6 Å². The molecule has 6 nitrogen and oxygen atoms in total. The third kappa shape index (κ3) is 6.35. The molecule has 0 fully saturated rings. The van der Waals surface area contributed by atoms with E-state index in [4.69, 9.17) is 19.6 Å². The molecule has 2 radical (unpaired) electrons. The quantitative estimate of drug-likeness (QED) is 0.456. The fourth-order valence-corrected chi connectivity index (χ4v) is 2.69. The van der Waals surface area contributed by atoms with Crippen LogP contribution in [0.1, 0.15) is 17.2 Å². The number of urea groups is 1. The Morgan fingerprint density at radius 2 is 1.92 bits per heavy atom. The Labute approximate surface area is 159 Å². The van der Waals surface area contributed by atoms with Gasteiger partial charge in [-0.25, -0.2) is 4.79 Å². The zero-order valence-corrected chi connectivity index (χ0v) is 14.9.